The summed E-state index contributed by atoms with van der Waals surface area (Å²) >= 11 is 0. The summed E-state index contributed by atoms with van der Waals surface area (Å²) in [6, 6.07) is 8.75. The lowest BCUT2D eigenvalue weighted by Gasteiger charge is -2.02. The molecule has 0 unspecified atom stereocenters. The monoisotopic (exact) mass is 287 g/mol. The number of hydrogen-bond donors (Lipinski definition) is 1. The number of para-hydroxylation sites is 1. The fourth-order valence-corrected chi connectivity index (χ4v) is 2.03. The molecule has 0 fully saturated rings. The molecule has 3 rings (SSSR count). The van der Waals surface area contributed by atoms with E-state index in [1.54, 1.807) is 25.2 Å². The zero-order chi connectivity index (χ0) is 15.0. The Labute approximate surface area is 118 Å². The molecule has 0 aliphatic carbocycles. The summed E-state index contributed by atoms with van der Waals surface area (Å²) in [6.07, 6.45) is 0. The van der Waals surface area contributed by atoms with Crippen molar-refractivity contribution in [3.63, 3.8) is 0 Å². The van der Waals surface area contributed by atoms with Gasteiger partial charge in [0.2, 0.25) is 0 Å². The minimum absolute atomic E-state index is 0.104. The highest BCUT2D eigenvalue weighted by molar-refractivity contribution is 5.83. The number of hydrogen-bond acceptors (Lipinski definition) is 5. The SMILES string of the molecule is CNc1cc([N+](=O)[O-])cc(-c2cc3cccc(F)c3o2)n1. The predicted molar refractivity (Wildman–Crippen MR) is 75.6 cm³/mol. The molecule has 106 valence electrons. The summed E-state index contributed by atoms with van der Waals surface area (Å²) in [5, 5.41) is 14.3. The van der Waals surface area contributed by atoms with Gasteiger partial charge in [0, 0.05) is 18.5 Å². The minimum atomic E-state index is -0.519. The van der Waals surface area contributed by atoms with Gasteiger partial charge in [-0.3, -0.25) is 10.1 Å². The van der Waals surface area contributed by atoms with Gasteiger partial charge in [-0.2, -0.15) is 0 Å². The van der Waals surface area contributed by atoms with Crippen molar-refractivity contribution in [2.45, 2.75) is 0 Å². The lowest BCUT2D eigenvalue weighted by atomic mass is 10.2. The molecule has 0 spiro atoms. The van der Waals surface area contributed by atoms with E-state index < -0.39 is 10.7 Å². The molecule has 0 bridgehead atoms. The molecule has 0 saturated carbocycles. The van der Waals surface area contributed by atoms with Crippen LogP contribution in [0.25, 0.3) is 22.4 Å². The van der Waals surface area contributed by atoms with E-state index in [1.165, 1.54) is 18.2 Å². The van der Waals surface area contributed by atoms with E-state index >= 15 is 0 Å². The maximum atomic E-state index is 13.6. The van der Waals surface area contributed by atoms with Gasteiger partial charge in [-0.15, -0.1) is 0 Å². The largest absolute Gasteiger partial charge is 0.451 e. The Morgan fingerprint density at radius 2 is 2.14 bits per heavy atom. The van der Waals surface area contributed by atoms with Gasteiger partial charge >= 0.3 is 0 Å². The fourth-order valence-electron chi connectivity index (χ4n) is 2.03. The van der Waals surface area contributed by atoms with Gasteiger partial charge in [-0.25, -0.2) is 9.37 Å². The number of anilines is 1. The third-order valence-corrected chi connectivity index (χ3v) is 3.03. The Morgan fingerprint density at radius 3 is 2.81 bits per heavy atom. The van der Waals surface area contributed by atoms with E-state index in [2.05, 4.69) is 10.3 Å². The fraction of sp³-hybridized carbons (Fsp3) is 0.0714. The quantitative estimate of drug-likeness (QED) is 0.588. The number of halogens is 1. The van der Waals surface area contributed by atoms with Crippen LogP contribution < -0.4 is 5.32 Å². The molecule has 3 aromatic rings. The smallest absolute Gasteiger partial charge is 0.275 e. The van der Waals surface area contributed by atoms with Gasteiger partial charge in [0.25, 0.3) is 5.69 Å². The number of pyridine rings is 1. The second-order valence-corrected chi connectivity index (χ2v) is 4.37. The molecule has 0 saturated heterocycles. The first-order valence-corrected chi connectivity index (χ1v) is 6.11. The molecule has 0 aliphatic heterocycles. The average molecular weight is 287 g/mol. The third-order valence-electron chi connectivity index (χ3n) is 3.03. The second-order valence-electron chi connectivity index (χ2n) is 4.37. The van der Waals surface area contributed by atoms with Crippen LogP contribution in [0.5, 0.6) is 0 Å². The molecule has 0 amide bonds. The molecular formula is C14H10FN3O3. The number of fused-ring (bicyclic) bond motifs is 1. The van der Waals surface area contributed by atoms with E-state index in [1.807, 2.05) is 0 Å². The first kappa shape index (κ1) is 13.0. The van der Waals surface area contributed by atoms with E-state index in [4.69, 9.17) is 4.42 Å². The second kappa shape index (κ2) is 4.86. The van der Waals surface area contributed by atoms with E-state index in [0.29, 0.717) is 11.2 Å². The lowest BCUT2D eigenvalue weighted by Crippen LogP contribution is -1.97. The van der Waals surface area contributed by atoms with Crippen LogP contribution in [0.15, 0.2) is 40.8 Å². The van der Waals surface area contributed by atoms with Gasteiger partial charge in [-0.1, -0.05) is 12.1 Å². The van der Waals surface area contributed by atoms with Gasteiger partial charge in [0.1, 0.15) is 11.5 Å². The van der Waals surface area contributed by atoms with Crippen LogP contribution in [0, 0.1) is 15.9 Å². The molecule has 0 radical (unpaired) electrons. The molecule has 21 heavy (non-hydrogen) atoms. The minimum Gasteiger partial charge on any atom is -0.451 e. The highest BCUT2D eigenvalue weighted by Crippen LogP contribution is 2.31. The number of nitro groups is 1. The Hall–Kier alpha value is -2.96. The number of rotatable bonds is 3. The average Bonchev–Trinajstić information content (AvgIpc) is 2.92. The van der Waals surface area contributed by atoms with E-state index in [0.717, 1.165) is 0 Å². The van der Waals surface area contributed by atoms with Crippen molar-refractivity contribution in [2.24, 2.45) is 0 Å². The van der Waals surface area contributed by atoms with E-state index in [9.17, 15) is 14.5 Å². The zero-order valence-electron chi connectivity index (χ0n) is 11.0. The topological polar surface area (TPSA) is 81.2 Å². The van der Waals surface area contributed by atoms with Gasteiger partial charge in [-0.05, 0) is 12.1 Å². The molecule has 6 nitrogen and oxygen atoms in total. The molecule has 7 heteroatoms. The summed E-state index contributed by atoms with van der Waals surface area (Å²) in [7, 11) is 1.61. The van der Waals surface area contributed by atoms with Crippen LogP contribution >= 0.6 is 0 Å². The summed E-state index contributed by atoms with van der Waals surface area (Å²) in [4.78, 5) is 14.6. The maximum absolute atomic E-state index is 13.6. The molecule has 0 atom stereocenters. The van der Waals surface area contributed by atoms with Crippen LogP contribution in [0.1, 0.15) is 0 Å². The Bertz CT molecular complexity index is 845. The highest BCUT2D eigenvalue weighted by Gasteiger charge is 2.16. The third kappa shape index (κ3) is 2.29. The maximum Gasteiger partial charge on any atom is 0.275 e. The van der Waals surface area contributed by atoms with Crippen LogP contribution in [-0.2, 0) is 0 Å². The predicted octanol–water partition coefficient (Wildman–Crippen LogP) is 3.58. The molecule has 2 heterocycles. The van der Waals surface area contributed by atoms with Gasteiger partial charge in [0.05, 0.1) is 11.0 Å². The number of nitrogens with one attached hydrogen (secondary N) is 1. The molecule has 1 aromatic carbocycles. The van der Waals surface area contributed by atoms with Crippen LogP contribution in [0.2, 0.25) is 0 Å². The van der Waals surface area contributed by atoms with Gasteiger partial charge in [0.15, 0.2) is 17.2 Å². The van der Waals surface area contributed by atoms with E-state index in [-0.39, 0.29) is 22.7 Å². The Kier molecular flexibility index (Phi) is 3.02. The summed E-state index contributed by atoms with van der Waals surface area (Å²) in [6.45, 7) is 0. The number of benzene rings is 1. The zero-order valence-corrected chi connectivity index (χ0v) is 11.0. The first-order chi connectivity index (χ1) is 10.1. The van der Waals surface area contributed by atoms with Crippen molar-refractivity contribution in [3.05, 3.63) is 52.3 Å². The van der Waals surface area contributed by atoms with Crippen molar-refractivity contribution >= 4 is 22.5 Å². The Balaban J connectivity index is 2.19. The van der Waals surface area contributed by atoms with Crippen LogP contribution in [0.3, 0.4) is 0 Å². The van der Waals surface area contributed by atoms with Gasteiger partial charge < -0.3 is 9.73 Å². The molecule has 1 N–H and O–H groups in total. The van der Waals surface area contributed by atoms with Crippen molar-refractivity contribution in [1.82, 2.24) is 4.98 Å². The summed E-state index contributed by atoms with van der Waals surface area (Å²) < 4.78 is 19.1. The van der Waals surface area contributed by atoms with Crippen molar-refractivity contribution in [1.29, 1.82) is 0 Å². The summed E-state index contributed by atoms with van der Waals surface area (Å²) in [5.74, 6) is 0.119. The number of aromatic nitrogens is 1. The molecule has 2 aromatic heterocycles. The van der Waals surface area contributed by atoms with Crippen LogP contribution in [-0.4, -0.2) is 17.0 Å². The number of nitrogens with zero attached hydrogens (tertiary/aromatic N) is 2. The molecular weight excluding hydrogens is 277 g/mol. The Morgan fingerprint density at radius 1 is 1.33 bits per heavy atom. The lowest BCUT2D eigenvalue weighted by molar-refractivity contribution is -0.384. The van der Waals surface area contributed by atoms with Crippen LogP contribution in [0.4, 0.5) is 15.9 Å². The van der Waals surface area contributed by atoms with Crippen molar-refractivity contribution in [2.75, 3.05) is 12.4 Å². The van der Waals surface area contributed by atoms with Crippen molar-refractivity contribution < 1.29 is 13.7 Å². The standard InChI is InChI=1S/C14H10FN3O3/c1-16-13-7-9(18(19)20)6-11(17-13)12-5-8-3-2-4-10(15)14(8)21-12/h2-7H,1H3,(H,16,17). The first-order valence-electron chi connectivity index (χ1n) is 6.11. The molecule has 0 aliphatic rings. The number of furan rings is 1. The van der Waals surface area contributed by atoms with Crippen molar-refractivity contribution in [3.8, 4) is 11.5 Å². The highest BCUT2D eigenvalue weighted by atomic mass is 19.1. The summed E-state index contributed by atoms with van der Waals surface area (Å²) in [5.41, 5.74) is 0.251. The normalized spacial score (nSPS) is 10.8.